The summed E-state index contributed by atoms with van der Waals surface area (Å²) < 4.78 is 0. The van der Waals surface area contributed by atoms with Gasteiger partial charge in [-0.2, -0.15) is 0 Å². The molecular weight excluding hydrogens is 208 g/mol. The van der Waals surface area contributed by atoms with Crippen molar-refractivity contribution >= 4 is 0 Å². The standard InChI is InChI=1S/C15H26N2/c1-11(2)14(10-16-4)15(17-5)13-9-7-6-8-12(13)3/h6-9,11,14-17H,10H2,1-5H3. The second-order valence-corrected chi connectivity index (χ2v) is 5.09. The van der Waals surface area contributed by atoms with Gasteiger partial charge in [0.25, 0.3) is 0 Å². The maximum Gasteiger partial charge on any atom is 0.0363 e. The quantitative estimate of drug-likeness (QED) is 0.791. The third kappa shape index (κ3) is 3.55. The molecule has 0 fully saturated rings. The Morgan fingerprint density at radius 1 is 1.12 bits per heavy atom. The molecule has 2 atom stereocenters. The Hall–Kier alpha value is -0.860. The van der Waals surface area contributed by atoms with Crippen molar-refractivity contribution in [2.24, 2.45) is 11.8 Å². The van der Waals surface area contributed by atoms with Gasteiger partial charge < -0.3 is 10.6 Å². The van der Waals surface area contributed by atoms with Crippen LogP contribution in [0.2, 0.25) is 0 Å². The van der Waals surface area contributed by atoms with E-state index in [1.807, 2.05) is 7.05 Å². The molecular formula is C15H26N2. The van der Waals surface area contributed by atoms with Gasteiger partial charge >= 0.3 is 0 Å². The molecule has 0 heterocycles. The van der Waals surface area contributed by atoms with Crippen molar-refractivity contribution in [3.63, 3.8) is 0 Å². The minimum Gasteiger partial charge on any atom is -0.319 e. The lowest BCUT2D eigenvalue weighted by Gasteiger charge is -2.31. The highest BCUT2D eigenvalue weighted by atomic mass is 14.9. The van der Waals surface area contributed by atoms with Gasteiger partial charge in [-0.1, -0.05) is 38.1 Å². The highest BCUT2D eigenvalue weighted by molar-refractivity contribution is 5.29. The van der Waals surface area contributed by atoms with Gasteiger partial charge in [-0.25, -0.2) is 0 Å². The number of aryl methyl sites for hydroxylation is 1. The predicted molar refractivity (Wildman–Crippen MR) is 75.2 cm³/mol. The molecule has 0 saturated heterocycles. The number of hydrogen-bond donors (Lipinski definition) is 2. The van der Waals surface area contributed by atoms with Crippen molar-refractivity contribution in [2.75, 3.05) is 20.6 Å². The average Bonchev–Trinajstić information content (AvgIpc) is 2.31. The minimum absolute atomic E-state index is 0.420. The summed E-state index contributed by atoms with van der Waals surface area (Å²) in [6.07, 6.45) is 0. The molecule has 1 aromatic rings. The maximum atomic E-state index is 3.49. The Kier molecular flexibility index (Phi) is 5.66. The SMILES string of the molecule is CNCC(C(C)C)C(NC)c1ccccc1C. The second kappa shape index (κ2) is 6.77. The molecule has 1 rings (SSSR count). The van der Waals surface area contributed by atoms with E-state index >= 15 is 0 Å². The van der Waals surface area contributed by atoms with E-state index < -0.39 is 0 Å². The lowest BCUT2D eigenvalue weighted by atomic mass is 9.83. The van der Waals surface area contributed by atoms with Gasteiger partial charge in [0.1, 0.15) is 0 Å². The first-order chi connectivity index (χ1) is 8.11. The van der Waals surface area contributed by atoms with Gasteiger partial charge in [0.05, 0.1) is 0 Å². The van der Waals surface area contributed by atoms with Crippen molar-refractivity contribution < 1.29 is 0 Å². The minimum atomic E-state index is 0.420. The lowest BCUT2D eigenvalue weighted by molar-refractivity contribution is 0.284. The zero-order valence-electron chi connectivity index (χ0n) is 11.7. The first kappa shape index (κ1) is 14.2. The van der Waals surface area contributed by atoms with Crippen LogP contribution < -0.4 is 10.6 Å². The first-order valence-electron chi connectivity index (χ1n) is 6.49. The molecule has 0 bridgehead atoms. The summed E-state index contributed by atoms with van der Waals surface area (Å²) in [6, 6.07) is 9.08. The average molecular weight is 234 g/mol. The molecule has 17 heavy (non-hydrogen) atoms. The molecule has 2 nitrogen and oxygen atoms in total. The predicted octanol–water partition coefficient (Wildman–Crippen LogP) is 2.75. The molecule has 2 heteroatoms. The molecule has 1 aromatic carbocycles. The monoisotopic (exact) mass is 234 g/mol. The van der Waals surface area contributed by atoms with E-state index in [-0.39, 0.29) is 0 Å². The van der Waals surface area contributed by atoms with Gasteiger partial charge in [-0.3, -0.25) is 0 Å². The van der Waals surface area contributed by atoms with Crippen molar-refractivity contribution in [3.8, 4) is 0 Å². The molecule has 2 N–H and O–H groups in total. The molecule has 0 amide bonds. The Labute approximate surface area is 106 Å². The molecule has 0 aliphatic rings. The van der Waals surface area contributed by atoms with E-state index in [0.29, 0.717) is 17.9 Å². The van der Waals surface area contributed by atoms with Gasteiger partial charge in [-0.05, 0) is 50.5 Å². The van der Waals surface area contributed by atoms with Gasteiger partial charge in [0.15, 0.2) is 0 Å². The van der Waals surface area contributed by atoms with Crippen LogP contribution >= 0.6 is 0 Å². The number of rotatable bonds is 6. The number of nitrogens with one attached hydrogen (secondary N) is 2. The van der Waals surface area contributed by atoms with Crippen LogP contribution in [0.25, 0.3) is 0 Å². The van der Waals surface area contributed by atoms with E-state index in [9.17, 15) is 0 Å². The molecule has 0 radical (unpaired) electrons. The van der Waals surface area contributed by atoms with Gasteiger partial charge in [0, 0.05) is 6.04 Å². The fourth-order valence-corrected chi connectivity index (χ4v) is 2.51. The lowest BCUT2D eigenvalue weighted by Crippen LogP contribution is -2.35. The molecule has 0 spiro atoms. The fraction of sp³-hybridized carbons (Fsp3) is 0.600. The molecule has 0 saturated carbocycles. The molecule has 0 aromatic heterocycles. The van der Waals surface area contributed by atoms with Crippen LogP contribution in [-0.2, 0) is 0 Å². The smallest absolute Gasteiger partial charge is 0.0363 e. The Morgan fingerprint density at radius 2 is 1.76 bits per heavy atom. The molecule has 96 valence electrons. The highest BCUT2D eigenvalue weighted by Crippen LogP contribution is 2.29. The summed E-state index contributed by atoms with van der Waals surface area (Å²) in [6.45, 7) is 7.82. The summed E-state index contributed by atoms with van der Waals surface area (Å²) in [5.74, 6) is 1.26. The number of benzene rings is 1. The Morgan fingerprint density at radius 3 is 2.24 bits per heavy atom. The van der Waals surface area contributed by atoms with E-state index in [1.54, 1.807) is 0 Å². The van der Waals surface area contributed by atoms with E-state index in [4.69, 9.17) is 0 Å². The Balaban J connectivity index is 3.00. The number of hydrogen-bond acceptors (Lipinski definition) is 2. The third-order valence-electron chi connectivity index (χ3n) is 3.56. The first-order valence-corrected chi connectivity index (χ1v) is 6.49. The Bertz CT molecular complexity index is 333. The van der Waals surface area contributed by atoms with Crippen LogP contribution in [0.4, 0.5) is 0 Å². The normalized spacial score (nSPS) is 14.9. The summed E-state index contributed by atoms with van der Waals surface area (Å²) in [5.41, 5.74) is 2.79. The zero-order valence-corrected chi connectivity index (χ0v) is 11.7. The highest BCUT2D eigenvalue weighted by Gasteiger charge is 2.24. The van der Waals surface area contributed by atoms with E-state index in [1.165, 1.54) is 11.1 Å². The molecule has 0 aliphatic carbocycles. The van der Waals surface area contributed by atoms with Crippen LogP contribution in [0.3, 0.4) is 0 Å². The molecule has 0 aliphatic heterocycles. The van der Waals surface area contributed by atoms with Crippen molar-refractivity contribution in [3.05, 3.63) is 35.4 Å². The molecule has 2 unspecified atom stereocenters. The van der Waals surface area contributed by atoms with Crippen LogP contribution in [0, 0.1) is 18.8 Å². The third-order valence-corrected chi connectivity index (χ3v) is 3.56. The largest absolute Gasteiger partial charge is 0.319 e. The fourth-order valence-electron chi connectivity index (χ4n) is 2.51. The maximum absolute atomic E-state index is 3.49. The topological polar surface area (TPSA) is 24.1 Å². The van der Waals surface area contributed by atoms with Crippen molar-refractivity contribution in [1.29, 1.82) is 0 Å². The van der Waals surface area contributed by atoms with Crippen LogP contribution in [0.5, 0.6) is 0 Å². The summed E-state index contributed by atoms with van der Waals surface area (Å²) in [5, 5.41) is 6.80. The van der Waals surface area contributed by atoms with Gasteiger partial charge in [0.2, 0.25) is 0 Å². The summed E-state index contributed by atoms with van der Waals surface area (Å²) in [7, 11) is 4.09. The van der Waals surface area contributed by atoms with Crippen LogP contribution in [-0.4, -0.2) is 20.6 Å². The van der Waals surface area contributed by atoms with Crippen molar-refractivity contribution in [2.45, 2.75) is 26.8 Å². The van der Waals surface area contributed by atoms with Crippen LogP contribution in [0.15, 0.2) is 24.3 Å². The summed E-state index contributed by atoms with van der Waals surface area (Å²) >= 11 is 0. The van der Waals surface area contributed by atoms with Gasteiger partial charge in [-0.15, -0.1) is 0 Å². The zero-order chi connectivity index (χ0) is 12.8. The second-order valence-electron chi connectivity index (χ2n) is 5.09. The van der Waals surface area contributed by atoms with Crippen LogP contribution in [0.1, 0.15) is 31.0 Å². The van der Waals surface area contributed by atoms with Crippen molar-refractivity contribution in [1.82, 2.24) is 10.6 Å². The summed E-state index contributed by atoms with van der Waals surface area (Å²) in [4.78, 5) is 0. The van der Waals surface area contributed by atoms with E-state index in [0.717, 1.165) is 6.54 Å². The van der Waals surface area contributed by atoms with E-state index in [2.05, 4.69) is 62.7 Å².